The third-order valence-corrected chi connectivity index (χ3v) is 10.2. The van der Waals surface area contributed by atoms with Crippen molar-refractivity contribution in [1.29, 1.82) is 0 Å². The molecule has 0 fully saturated rings. The van der Waals surface area contributed by atoms with Crippen LogP contribution < -0.4 is 4.90 Å². The van der Waals surface area contributed by atoms with Crippen molar-refractivity contribution in [2.24, 2.45) is 0 Å². The number of nitrogens with zero attached hydrogens (tertiary/aromatic N) is 3. The van der Waals surface area contributed by atoms with Gasteiger partial charge in [-0.2, -0.15) is 0 Å². The fourth-order valence-corrected chi connectivity index (χ4v) is 7.54. The minimum atomic E-state index is 0.526. The SMILES string of the molecule is CCC(C)c1ccc(N(c2ccc(-n3c4ccccc4c4ccccc43)cc2)c2ccc(-n3c4ccccc4c4ccccc43)cc2)cc1. The molecule has 0 aliphatic rings. The molecule has 0 saturated carbocycles. The van der Waals surface area contributed by atoms with Crippen molar-refractivity contribution < 1.29 is 0 Å². The van der Waals surface area contributed by atoms with Gasteiger partial charge in [-0.1, -0.05) is 98.8 Å². The molecule has 0 N–H and O–H groups in total. The van der Waals surface area contributed by atoms with Crippen LogP contribution in [0.25, 0.3) is 55.0 Å². The molecule has 1 unspecified atom stereocenters. The predicted molar refractivity (Wildman–Crippen MR) is 209 cm³/mol. The summed E-state index contributed by atoms with van der Waals surface area (Å²) in [5.41, 5.74) is 11.9. The Hall–Kier alpha value is -6.06. The molecule has 3 heteroatoms. The molecule has 0 amide bonds. The standard InChI is InChI=1S/C46H37N3/c1-3-32(2)33-20-22-34(23-21-33)47(35-24-28-37(29-25-35)48-43-16-8-4-12-39(43)40-13-5-9-17-44(40)48)36-26-30-38(31-27-36)49-45-18-10-6-14-41(45)42-15-7-11-19-46(42)49/h4-32H,3H2,1-2H3. The van der Waals surface area contributed by atoms with E-state index in [2.05, 4.69) is 198 Å². The summed E-state index contributed by atoms with van der Waals surface area (Å²) in [6, 6.07) is 61.9. The number of para-hydroxylation sites is 4. The van der Waals surface area contributed by atoms with Gasteiger partial charge in [-0.05, 0) is 103 Å². The maximum Gasteiger partial charge on any atom is 0.0541 e. The van der Waals surface area contributed by atoms with Gasteiger partial charge in [-0.15, -0.1) is 0 Å². The molecule has 0 bridgehead atoms. The van der Waals surface area contributed by atoms with Gasteiger partial charge in [0.25, 0.3) is 0 Å². The lowest BCUT2D eigenvalue weighted by atomic mass is 9.98. The molecule has 49 heavy (non-hydrogen) atoms. The van der Waals surface area contributed by atoms with E-state index in [0.717, 1.165) is 34.9 Å². The quantitative estimate of drug-likeness (QED) is 0.171. The molecule has 0 saturated heterocycles. The van der Waals surface area contributed by atoms with Crippen LogP contribution in [0.2, 0.25) is 0 Å². The highest BCUT2D eigenvalue weighted by Crippen LogP contribution is 2.39. The van der Waals surface area contributed by atoms with E-state index in [1.54, 1.807) is 0 Å². The first kappa shape index (κ1) is 29.1. The van der Waals surface area contributed by atoms with Crippen LogP contribution >= 0.6 is 0 Å². The Labute approximate surface area is 286 Å². The highest BCUT2D eigenvalue weighted by molar-refractivity contribution is 6.10. The smallest absolute Gasteiger partial charge is 0.0541 e. The van der Waals surface area contributed by atoms with Crippen LogP contribution in [0, 0.1) is 0 Å². The number of aromatic nitrogens is 2. The summed E-state index contributed by atoms with van der Waals surface area (Å²) >= 11 is 0. The van der Waals surface area contributed by atoms with Crippen molar-refractivity contribution in [2.75, 3.05) is 4.90 Å². The summed E-state index contributed by atoms with van der Waals surface area (Å²) < 4.78 is 4.75. The van der Waals surface area contributed by atoms with Gasteiger partial charge in [-0.3, -0.25) is 0 Å². The summed E-state index contributed by atoms with van der Waals surface area (Å²) in [6.45, 7) is 4.55. The van der Waals surface area contributed by atoms with Gasteiger partial charge in [0.2, 0.25) is 0 Å². The molecule has 0 spiro atoms. The Bertz CT molecular complexity index is 2320. The monoisotopic (exact) mass is 631 g/mol. The lowest BCUT2D eigenvalue weighted by Crippen LogP contribution is -2.10. The van der Waals surface area contributed by atoms with Crippen molar-refractivity contribution in [3.63, 3.8) is 0 Å². The van der Waals surface area contributed by atoms with Crippen molar-refractivity contribution in [3.8, 4) is 11.4 Å². The Morgan fingerprint density at radius 2 is 0.714 bits per heavy atom. The van der Waals surface area contributed by atoms with Crippen molar-refractivity contribution in [1.82, 2.24) is 9.13 Å². The van der Waals surface area contributed by atoms with Gasteiger partial charge in [0, 0.05) is 50.0 Å². The molecular formula is C46H37N3. The van der Waals surface area contributed by atoms with E-state index >= 15 is 0 Å². The van der Waals surface area contributed by atoms with Gasteiger partial charge in [0.05, 0.1) is 22.1 Å². The second-order valence-corrected chi connectivity index (χ2v) is 13.0. The van der Waals surface area contributed by atoms with Crippen LogP contribution in [0.1, 0.15) is 31.7 Å². The Morgan fingerprint density at radius 1 is 0.408 bits per heavy atom. The van der Waals surface area contributed by atoms with E-state index < -0.39 is 0 Å². The Morgan fingerprint density at radius 3 is 1.04 bits per heavy atom. The van der Waals surface area contributed by atoms with Gasteiger partial charge >= 0.3 is 0 Å². The molecule has 7 aromatic carbocycles. The number of fused-ring (bicyclic) bond motifs is 6. The highest BCUT2D eigenvalue weighted by atomic mass is 15.1. The molecule has 0 aliphatic carbocycles. The fourth-order valence-electron chi connectivity index (χ4n) is 7.54. The second kappa shape index (κ2) is 11.9. The number of rotatable bonds is 7. The minimum Gasteiger partial charge on any atom is -0.311 e. The van der Waals surface area contributed by atoms with Crippen molar-refractivity contribution in [3.05, 3.63) is 175 Å². The largest absolute Gasteiger partial charge is 0.311 e. The topological polar surface area (TPSA) is 13.1 Å². The fraction of sp³-hybridized carbons (Fsp3) is 0.0870. The summed E-state index contributed by atoms with van der Waals surface area (Å²) in [4.78, 5) is 2.37. The van der Waals surface area contributed by atoms with Gasteiger partial charge in [0.15, 0.2) is 0 Å². The molecular weight excluding hydrogens is 595 g/mol. The Balaban J connectivity index is 1.15. The maximum absolute atomic E-state index is 2.38. The maximum atomic E-state index is 2.38. The zero-order valence-electron chi connectivity index (χ0n) is 27.8. The molecule has 3 nitrogen and oxygen atoms in total. The van der Waals surface area contributed by atoms with Crippen LogP contribution in [-0.4, -0.2) is 9.13 Å². The van der Waals surface area contributed by atoms with E-state index in [1.807, 2.05) is 0 Å². The first-order chi connectivity index (χ1) is 24.2. The van der Waals surface area contributed by atoms with E-state index in [0.29, 0.717) is 5.92 Å². The third-order valence-electron chi connectivity index (χ3n) is 10.2. The number of hydrogen-bond donors (Lipinski definition) is 0. The van der Waals surface area contributed by atoms with Gasteiger partial charge in [0.1, 0.15) is 0 Å². The first-order valence-electron chi connectivity index (χ1n) is 17.3. The average Bonchev–Trinajstić information content (AvgIpc) is 3.69. The average molecular weight is 632 g/mol. The molecule has 236 valence electrons. The van der Waals surface area contributed by atoms with Crippen LogP contribution in [0.15, 0.2) is 170 Å². The zero-order chi connectivity index (χ0) is 32.9. The van der Waals surface area contributed by atoms with Crippen LogP contribution in [0.3, 0.4) is 0 Å². The normalized spacial score (nSPS) is 12.3. The van der Waals surface area contributed by atoms with Crippen LogP contribution in [-0.2, 0) is 0 Å². The van der Waals surface area contributed by atoms with Gasteiger partial charge < -0.3 is 14.0 Å². The summed E-state index contributed by atoms with van der Waals surface area (Å²) in [5.74, 6) is 0.526. The lowest BCUT2D eigenvalue weighted by Gasteiger charge is -2.26. The highest BCUT2D eigenvalue weighted by Gasteiger charge is 2.17. The van der Waals surface area contributed by atoms with Crippen LogP contribution in [0.5, 0.6) is 0 Å². The number of benzene rings is 7. The number of anilines is 3. The molecule has 0 radical (unpaired) electrons. The molecule has 1 atom stereocenters. The molecule has 0 aliphatic heterocycles. The summed E-state index contributed by atoms with van der Waals surface area (Å²) in [5, 5.41) is 5.09. The molecule has 9 rings (SSSR count). The summed E-state index contributed by atoms with van der Waals surface area (Å²) in [6.07, 6.45) is 1.12. The predicted octanol–water partition coefficient (Wildman–Crippen LogP) is 12.9. The lowest BCUT2D eigenvalue weighted by molar-refractivity contribution is 0.733. The van der Waals surface area contributed by atoms with Gasteiger partial charge in [-0.25, -0.2) is 0 Å². The first-order valence-corrected chi connectivity index (χ1v) is 17.3. The zero-order valence-corrected chi connectivity index (χ0v) is 27.8. The van der Waals surface area contributed by atoms with Crippen molar-refractivity contribution in [2.45, 2.75) is 26.2 Å². The third kappa shape index (κ3) is 4.81. The minimum absolute atomic E-state index is 0.526. The second-order valence-electron chi connectivity index (χ2n) is 13.0. The number of hydrogen-bond acceptors (Lipinski definition) is 1. The molecule has 9 aromatic rings. The van der Waals surface area contributed by atoms with E-state index in [-0.39, 0.29) is 0 Å². The molecule has 2 heterocycles. The molecule has 2 aromatic heterocycles. The van der Waals surface area contributed by atoms with Crippen LogP contribution in [0.4, 0.5) is 17.1 Å². The summed E-state index contributed by atoms with van der Waals surface area (Å²) in [7, 11) is 0. The van der Waals surface area contributed by atoms with E-state index in [4.69, 9.17) is 0 Å². The van der Waals surface area contributed by atoms with Crippen molar-refractivity contribution >= 4 is 60.7 Å². The van der Waals surface area contributed by atoms with E-state index in [1.165, 1.54) is 49.2 Å². The Kier molecular flexibility index (Phi) is 7.05. The van der Waals surface area contributed by atoms with E-state index in [9.17, 15) is 0 Å².